The zero-order valence-corrected chi connectivity index (χ0v) is 32.3. The predicted molar refractivity (Wildman–Crippen MR) is 210 cm³/mol. The first-order chi connectivity index (χ1) is 27.9. The summed E-state index contributed by atoms with van der Waals surface area (Å²) < 4.78 is 32.1. The summed E-state index contributed by atoms with van der Waals surface area (Å²) in [5, 5.41) is 5.29. The number of nitrogens with one attached hydrogen (secondary N) is 2. The normalized spacial score (nSPS) is 19.3. The first-order valence-corrected chi connectivity index (χ1v) is 19.7. The van der Waals surface area contributed by atoms with Crippen LogP contribution < -0.4 is 15.5 Å². The molecule has 4 aliphatic heterocycles. The highest BCUT2D eigenvalue weighted by Gasteiger charge is 2.45. The van der Waals surface area contributed by atoms with Gasteiger partial charge in [-0.3, -0.25) is 34.3 Å². The molecule has 0 saturated carbocycles. The topological polar surface area (TPSA) is 159 Å². The maximum Gasteiger partial charge on any atom is 0.262 e. The lowest BCUT2D eigenvalue weighted by Crippen LogP contribution is -2.61. The standard InChI is InChI=1S/C42H42F2N10O4/c1-22(2)53-23(3)47-38-31(43)15-26(16-34(38)53)37-32(44)19-46-42(50-37)48-35-8-4-25(18-45-35)14-24-10-12-51(13-11-24)28-20-52(21-28)27-5-6-29-30(17-27)41(58)54(40(29)57)33-7-9-36(55)49-39(33)56/h4-6,8,15-19,22,24,28,33H,7,9-14,20-21H2,1-3H3,(H,49,55,56)(H,45,46,48,50). The average molecular weight is 789 g/mol. The molecular weight excluding hydrogens is 747 g/mol. The van der Waals surface area contributed by atoms with Gasteiger partial charge in [0.15, 0.2) is 11.6 Å². The van der Waals surface area contributed by atoms with Gasteiger partial charge in [0, 0.05) is 49.0 Å². The minimum absolute atomic E-state index is 0.0254. The van der Waals surface area contributed by atoms with Crippen molar-refractivity contribution in [2.45, 2.75) is 71.0 Å². The molecule has 7 heterocycles. The minimum atomic E-state index is -0.983. The Morgan fingerprint density at radius 1 is 0.879 bits per heavy atom. The van der Waals surface area contributed by atoms with Crippen molar-refractivity contribution in [3.05, 3.63) is 89.0 Å². The summed E-state index contributed by atoms with van der Waals surface area (Å²) in [5.74, 6) is -1.40. The van der Waals surface area contributed by atoms with Crippen LogP contribution in [0.1, 0.15) is 77.7 Å². The number of nitrogens with zero attached hydrogens (tertiary/aromatic N) is 8. The molecule has 3 fully saturated rings. The summed E-state index contributed by atoms with van der Waals surface area (Å²) in [6.45, 7) is 9.38. The number of piperidine rings is 2. The lowest BCUT2D eigenvalue weighted by Gasteiger charge is -2.48. The van der Waals surface area contributed by atoms with Crippen molar-refractivity contribution in [2.24, 2.45) is 5.92 Å². The highest BCUT2D eigenvalue weighted by molar-refractivity contribution is 6.23. The molecule has 16 heteroatoms. The Morgan fingerprint density at radius 3 is 2.38 bits per heavy atom. The zero-order valence-electron chi connectivity index (χ0n) is 32.3. The molecule has 5 aromatic rings. The largest absolute Gasteiger partial charge is 0.368 e. The van der Waals surface area contributed by atoms with Crippen molar-refractivity contribution >= 4 is 52.1 Å². The maximum absolute atomic E-state index is 15.1. The number of hydrogen-bond acceptors (Lipinski definition) is 11. The molecule has 4 aliphatic rings. The number of carbonyl (C=O) groups is 4. The number of hydrogen-bond donors (Lipinski definition) is 2. The van der Waals surface area contributed by atoms with E-state index in [0.717, 1.165) is 67.8 Å². The molecule has 2 aromatic carbocycles. The third-order valence-corrected chi connectivity index (χ3v) is 11.9. The van der Waals surface area contributed by atoms with Gasteiger partial charge in [0.2, 0.25) is 17.8 Å². The molecular formula is C42H42F2N10O4. The van der Waals surface area contributed by atoms with E-state index in [9.17, 15) is 19.2 Å². The van der Waals surface area contributed by atoms with Crippen LogP contribution in [0.2, 0.25) is 0 Å². The SMILES string of the molecule is Cc1nc2c(F)cc(-c3nc(Nc4ccc(CC5CCN(C6CN(c7ccc8c(c7)C(=O)N(C7CCC(=O)NC7=O)C8=O)C6)CC5)cn4)ncc3F)cc2n1C(C)C. The van der Waals surface area contributed by atoms with E-state index in [1.165, 1.54) is 6.07 Å². The molecule has 0 aliphatic carbocycles. The lowest BCUT2D eigenvalue weighted by atomic mass is 9.89. The van der Waals surface area contributed by atoms with Crippen LogP contribution in [0.15, 0.2) is 54.9 Å². The van der Waals surface area contributed by atoms with Crippen LogP contribution in [-0.4, -0.2) is 96.2 Å². The van der Waals surface area contributed by atoms with E-state index in [0.29, 0.717) is 34.7 Å². The van der Waals surface area contributed by atoms with E-state index in [1.54, 1.807) is 18.2 Å². The van der Waals surface area contributed by atoms with Gasteiger partial charge in [0.25, 0.3) is 11.8 Å². The second-order valence-electron chi connectivity index (χ2n) is 15.9. The average Bonchev–Trinajstić information content (AvgIpc) is 3.65. The van der Waals surface area contributed by atoms with Crippen LogP contribution in [0.4, 0.5) is 26.2 Å². The van der Waals surface area contributed by atoms with Crippen molar-refractivity contribution in [3.63, 3.8) is 0 Å². The van der Waals surface area contributed by atoms with Crippen LogP contribution in [0, 0.1) is 24.5 Å². The van der Waals surface area contributed by atoms with Gasteiger partial charge < -0.3 is 14.8 Å². The summed E-state index contributed by atoms with van der Waals surface area (Å²) in [7, 11) is 0. The maximum atomic E-state index is 15.1. The molecule has 1 unspecified atom stereocenters. The van der Waals surface area contributed by atoms with Crippen LogP contribution in [0.3, 0.4) is 0 Å². The van der Waals surface area contributed by atoms with Gasteiger partial charge in [0.05, 0.1) is 22.8 Å². The number of likely N-dealkylation sites (tertiary alicyclic amines) is 1. The number of imide groups is 2. The van der Waals surface area contributed by atoms with Gasteiger partial charge in [-0.1, -0.05) is 6.07 Å². The van der Waals surface area contributed by atoms with Crippen molar-refractivity contribution in [1.29, 1.82) is 0 Å². The van der Waals surface area contributed by atoms with E-state index >= 15 is 8.78 Å². The first-order valence-electron chi connectivity index (χ1n) is 19.7. The second-order valence-corrected chi connectivity index (χ2v) is 15.9. The summed E-state index contributed by atoms with van der Waals surface area (Å²) in [4.78, 5) is 73.5. The number of aryl methyl sites for hydroxylation is 1. The first kappa shape index (κ1) is 37.4. The lowest BCUT2D eigenvalue weighted by molar-refractivity contribution is -0.136. The molecule has 9 rings (SSSR count). The molecule has 3 saturated heterocycles. The quantitative estimate of drug-likeness (QED) is 0.186. The Morgan fingerprint density at radius 2 is 1.66 bits per heavy atom. The Labute approximate surface area is 332 Å². The third-order valence-electron chi connectivity index (χ3n) is 11.9. The van der Waals surface area contributed by atoms with E-state index in [4.69, 9.17) is 0 Å². The van der Waals surface area contributed by atoms with E-state index in [-0.39, 0.29) is 47.2 Å². The van der Waals surface area contributed by atoms with E-state index < -0.39 is 41.3 Å². The Hall–Kier alpha value is -6.16. The highest BCUT2D eigenvalue weighted by Crippen LogP contribution is 2.35. The monoisotopic (exact) mass is 788 g/mol. The third kappa shape index (κ3) is 6.74. The summed E-state index contributed by atoms with van der Waals surface area (Å²) in [6.07, 6.45) is 6.11. The highest BCUT2D eigenvalue weighted by atomic mass is 19.1. The number of amides is 4. The molecule has 4 amide bonds. The summed E-state index contributed by atoms with van der Waals surface area (Å²) >= 11 is 0. The van der Waals surface area contributed by atoms with Gasteiger partial charge in [-0.25, -0.2) is 28.7 Å². The smallest absolute Gasteiger partial charge is 0.262 e. The van der Waals surface area contributed by atoms with Gasteiger partial charge >= 0.3 is 0 Å². The predicted octanol–water partition coefficient (Wildman–Crippen LogP) is 5.34. The van der Waals surface area contributed by atoms with Crippen molar-refractivity contribution in [2.75, 3.05) is 36.4 Å². The Kier molecular flexibility index (Phi) is 9.45. The van der Waals surface area contributed by atoms with Crippen LogP contribution in [0.5, 0.6) is 0 Å². The van der Waals surface area contributed by atoms with Gasteiger partial charge in [-0.2, -0.15) is 0 Å². The number of rotatable bonds is 9. The Balaban J connectivity index is 0.772. The van der Waals surface area contributed by atoms with Crippen molar-refractivity contribution in [3.8, 4) is 11.3 Å². The number of halogens is 2. The fraction of sp³-hybridized carbons (Fsp3) is 0.381. The van der Waals surface area contributed by atoms with E-state index in [2.05, 4.69) is 40.4 Å². The number of aromatic nitrogens is 5. The molecule has 14 nitrogen and oxygen atoms in total. The summed E-state index contributed by atoms with van der Waals surface area (Å²) in [5.41, 5.74) is 3.62. The van der Waals surface area contributed by atoms with Crippen LogP contribution >= 0.6 is 0 Å². The molecule has 58 heavy (non-hydrogen) atoms. The number of anilines is 3. The number of carbonyl (C=O) groups excluding carboxylic acids is 4. The molecule has 3 aromatic heterocycles. The zero-order chi connectivity index (χ0) is 40.4. The Bertz CT molecular complexity index is 2490. The number of benzene rings is 2. The van der Waals surface area contributed by atoms with Gasteiger partial charge in [-0.15, -0.1) is 0 Å². The number of imidazole rings is 1. The van der Waals surface area contributed by atoms with Gasteiger partial charge in [0.1, 0.15) is 28.9 Å². The van der Waals surface area contributed by atoms with Gasteiger partial charge in [-0.05, 0) is 107 Å². The molecule has 1 atom stereocenters. The molecule has 298 valence electrons. The number of pyridine rings is 1. The summed E-state index contributed by atoms with van der Waals surface area (Å²) in [6, 6.07) is 11.5. The molecule has 0 bridgehead atoms. The fourth-order valence-corrected chi connectivity index (χ4v) is 8.83. The van der Waals surface area contributed by atoms with Crippen LogP contribution in [-0.2, 0) is 16.0 Å². The van der Waals surface area contributed by atoms with Crippen molar-refractivity contribution < 1.29 is 28.0 Å². The fourth-order valence-electron chi connectivity index (χ4n) is 8.83. The molecule has 0 radical (unpaired) electrons. The second kappa shape index (κ2) is 14.7. The minimum Gasteiger partial charge on any atom is -0.368 e. The molecule has 2 N–H and O–H groups in total. The van der Waals surface area contributed by atoms with E-state index in [1.807, 2.05) is 49.7 Å². The van der Waals surface area contributed by atoms with Crippen molar-refractivity contribution in [1.82, 2.24) is 39.6 Å². The molecule has 0 spiro atoms. The number of fused-ring (bicyclic) bond motifs is 2. The van der Waals surface area contributed by atoms with Crippen LogP contribution in [0.25, 0.3) is 22.3 Å².